The van der Waals surface area contributed by atoms with Crippen LogP contribution < -0.4 is 0 Å². The van der Waals surface area contributed by atoms with Gasteiger partial charge in [0.1, 0.15) is 0 Å². The van der Waals surface area contributed by atoms with Crippen molar-refractivity contribution in [3.8, 4) is 5.69 Å². The molecule has 2 aromatic carbocycles. The van der Waals surface area contributed by atoms with Crippen LogP contribution >= 0.6 is 11.8 Å². The van der Waals surface area contributed by atoms with Crippen molar-refractivity contribution < 1.29 is 4.79 Å². The molecule has 1 aromatic heterocycles. The summed E-state index contributed by atoms with van der Waals surface area (Å²) in [4.78, 5) is 13.9. The molecule has 0 saturated heterocycles. The summed E-state index contributed by atoms with van der Waals surface area (Å²) in [6.07, 6.45) is 0. The van der Waals surface area contributed by atoms with Gasteiger partial charge in [-0.2, -0.15) is 0 Å². The molecule has 3 aromatic rings. The Kier molecular flexibility index (Phi) is 5.38. The maximum Gasteiger partial charge on any atom is 0.174 e. The van der Waals surface area contributed by atoms with Crippen molar-refractivity contribution in [2.75, 3.05) is 5.75 Å². The lowest BCUT2D eigenvalue weighted by molar-refractivity contribution is 0.102. The molecule has 0 spiro atoms. The van der Waals surface area contributed by atoms with Crippen molar-refractivity contribution in [1.82, 2.24) is 4.57 Å². The Morgan fingerprint density at radius 1 is 0.885 bits per heavy atom. The molecule has 0 saturated carbocycles. The quantitative estimate of drug-likeness (QED) is 0.410. The summed E-state index contributed by atoms with van der Waals surface area (Å²) < 4.78 is 2.18. The van der Waals surface area contributed by atoms with Crippen LogP contribution in [0.4, 0.5) is 0 Å². The van der Waals surface area contributed by atoms with E-state index in [1.165, 1.54) is 16.7 Å². The number of ketones is 1. The number of benzene rings is 2. The molecule has 0 unspecified atom stereocenters. The van der Waals surface area contributed by atoms with E-state index in [1.807, 2.05) is 13.0 Å². The Morgan fingerprint density at radius 2 is 1.58 bits per heavy atom. The van der Waals surface area contributed by atoms with Crippen LogP contribution in [-0.4, -0.2) is 16.1 Å². The molecule has 0 amide bonds. The average Bonchev–Trinajstić information content (AvgIpc) is 2.91. The second-order valence-corrected chi connectivity index (χ2v) is 7.96. The molecule has 0 aliphatic rings. The highest BCUT2D eigenvalue weighted by atomic mass is 32.2. The van der Waals surface area contributed by atoms with Crippen molar-refractivity contribution >= 4 is 17.5 Å². The van der Waals surface area contributed by atoms with Crippen LogP contribution in [0.3, 0.4) is 0 Å². The van der Waals surface area contributed by atoms with E-state index in [2.05, 4.69) is 74.7 Å². The Bertz CT molecular complexity index is 951. The summed E-state index contributed by atoms with van der Waals surface area (Å²) in [5.41, 5.74) is 7.82. The van der Waals surface area contributed by atoms with Gasteiger partial charge in [-0.3, -0.25) is 4.79 Å². The fraction of sp³-hybridized carbons (Fsp3) is 0.261. The summed E-state index contributed by atoms with van der Waals surface area (Å²) in [6, 6.07) is 16.8. The Labute approximate surface area is 160 Å². The summed E-state index contributed by atoms with van der Waals surface area (Å²) in [7, 11) is 0. The van der Waals surface area contributed by atoms with Gasteiger partial charge in [0.2, 0.25) is 0 Å². The predicted molar refractivity (Wildman–Crippen MR) is 111 cm³/mol. The molecule has 2 nitrogen and oxygen atoms in total. The summed E-state index contributed by atoms with van der Waals surface area (Å²) in [5.74, 6) is 0.638. The molecule has 0 aliphatic carbocycles. The molecule has 1 heterocycles. The smallest absolute Gasteiger partial charge is 0.174 e. The Balaban J connectivity index is 1.83. The standard InChI is InChI=1S/C23H25NOS/c1-15-6-10-21(11-7-15)26-14-23(25)22-13-18(4)24(19(22)5)20-9-8-16(2)17(3)12-20/h6-13H,14H2,1-5H3. The molecule has 0 radical (unpaired) electrons. The maximum atomic E-state index is 12.8. The summed E-state index contributed by atoms with van der Waals surface area (Å²) in [5, 5.41) is 0. The highest BCUT2D eigenvalue weighted by molar-refractivity contribution is 8.00. The largest absolute Gasteiger partial charge is 0.318 e. The van der Waals surface area contributed by atoms with Crippen LogP contribution in [-0.2, 0) is 0 Å². The second-order valence-electron chi connectivity index (χ2n) is 6.91. The van der Waals surface area contributed by atoms with Gasteiger partial charge in [-0.15, -0.1) is 11.8 Å². The van der Waals surface area contributed by atoms with Crippen molar-refractivity contribution in [2.24, 2.45) is 0 Å². The van der Waals surface area contributed by atoms with E-state index in [0.717, 1.165) is 27.5 Å². The number of aromatic nitrogens is 1. The van der Waals surface area contributed by atoms with Gasteiger partial charge in [0, 0.05) is 27.5 Å². The van der Waals surface area contributed by atoms with E-state index in [9.17, 15) is 4.79 Å². The fourth-order valence-corrected chi connectivity index (χ4v) is 3.95. The minimum absolute atomic E-state index is 0.179. The third-order valence-corrected chi connectivity index (χ3v) is 5.88. The first kappa shape index (κ1) is 18.5. The molecule has 0 N–H and O–H groups in total. The zero-order valence-corrected chi connectivity index (χ0v) is 16.9. The van der Waals surface area contributed by atoms with Crippen molar-refractivity contribution in [2.45, 2.75) is 39.5 Å². The second kappa shape index (κ2) is 7.55. The Hall–Kier alpha value is -2.26. The molecule has 0 aliphatic heterocycles. The van der Waals surface area contributed by atoms with E-state index in [1.54, 1.807) is 11.8 Å². The fourth-order valence-electron chi connectivity index (χ4n) is 3.17. The number of carbonyl (C=O) groups is 1. The number of aryl methyl sites for hydroxylation is 4. The van der Waals surface area contributed by atoms with Crippen LogP contribution in [0.25, 0.3) is 5.69 Å². The highest BCUT2D eigenvalue weighted by Crippen LogP contribution is 2.25. The van der Waals surface area contributed by atoms with E-state index >= 15 is 0 Å². The minimum atomic E-state index is 0.179. The molecule has 0 fully saturated rings. The SMILES string of the molecule is Cc1ccc(SCC(=O)c2cc(C)n(-c3ccc(C)c(C)c3)c2C)cc1. The number of rotatable bonds is 5. The number of nitrogens with zero attached hydrogens (tertiary/aromatic N) is 1. The molecule has 26 heavy (non-hydrogen) atoms. The third kappa shape index (κ3) is 3.78. The van der Waals surface area contributed by atoms with Gasteiger partial charge in [-0.05, 0) is 76.1 Å². The van der Waals surface area contributed by atoms with Crippen LogP contribution in [0.15, 0.2) is 53.4 Å². The molecule has 3 heteroatoms. The van der Waals surface area contributed by atoms with Crippen molar-refractivity contribution in [3.63, 3.8) is 0 Å². The number of thioether (sulfide) groups is 1. The molecular formula is C23H25NOS. The number of carbonyl (C=O) groups excluding carboxylic acids is 1. The average molecular weight is 364 g/mol. The van der Waals surface area contributed by atoms with Crippen LogP contribution in [0.5, 0.6) is 0 Å². The highest BCUT2D eigenvalue weighted by Gasteiger charge is 2.17. The third-order valence-electron chi connectivity index (χ3n) is 4.87. The van der Waals surface area contributed by atoms with E-state index in [4.69, 9.17) is 0 Å². The predicted octanol–water partition coefficient (Wildman–Crippen LogP) is 5.99. The van der Waals surface area contributed by atoms with Crippen molar-refractivity contribution in [1.29, 1.82) is 0 Å². The zero-order chi connectivity index (χ0) is 18.8. The minimum Gasteiger partial charge on any atom is -0.318 e. The maximum absolute atomic E-state index is 12.8. The van der Waals surface area contributed by atoms with Gasteiger partial charge >= 0.3 is 0 Å². The van der Waals surface area contributed by atoms with Gasteiger partial charge in [-0.1, -0.05) is 23.8 Å². The summed E-state index contributed by atoms with van der Waals surface area (Å²) >= 11 is 1.60. The number of hydrogen-bond donors (Lipinski definition) is 0. The normalized spacial score (nSPS) is 11.0. The van der Waals surface area contributed by atoms with E-state index in [0.29, 0.717) is 5.75 Å². The van der Waals surface area contributed by atoms with E-state index < -0.39 is 0 Å². The first-order chi connectivity index (χ1) is 12.4. The van der Waals surface area contributed by atoms with Gasteiger partial charge in [0.25, 0.3) is 0 Å². The summed E-state index contributed by atoms with van der Waals surface area (Å²) in [6.45, 7) is 10.4. The van der Waals surface area contributed by atoms with Gasteiger partial charge < -0.3 is 4.57 Å². The van der Waals surface area contributed by atoms with Crippen LogP contribution in [0.1, 0.15) is 38.4 Å². The zero-order valence-electron chi connectivity index (χ0n) is 16.1. The molecule has 0 bridgehead atoms. The Morgan fingerprint density at radius 3 is 2.23 bits per heavy atom. The van der Waals surface area contributed by atoms with Gasteiger partial charge in [-0.25, -0.2) is 0 Å². The van der Waals surface area contributed by atoms with Crippen molar-refractivity contribution in [3.05, 3.63) is 82.2 Å². The first-order valence-corrected chi connectivity index (χ1v) is 9.84. The number of Topliss-reactive ketones (excluding diaryl/α,β-unsaturated/α-hetero) is 1. The van der Waals surface area contributed by atoms with Gasteiger partial charge in [0.15, 0.2) is 5.78 Å². The monoisotopic (exact) mass is 363 g/mol. The molecule has 134 valence electrons. The van der Waals surface area contributed by atoms with Gasteiger partial charge in [0.05, 0.1) is 5.75 Å². The lowest BCUT2D eigenvalue weighted by Gasteiger charge is -2.12. The molecule has 3 rings (SSSR count). The lowest BCUT2D eigenvalue weighted by Crippen LogP contribution is -2.05. The van der Waals surface area contributed by atoms with Crippen LogP contribution in [0, 0.1) is 34.6 Å². The molecular weight excluding hydrogens is 338 g/mol. The van der Waals surface area contributed by atoms with E-state index in [-0.39, 0.29) is 5.78 Å². The lowest BCUT2D eigenvalue weighted by atomic mass is 10.1. The first-order valence-electron chi connectivity index (χ1n) is 8.86. The molecule has 0 atom stereocenters. The number of hydrogen-bond acceptors (Lipinski definition) is 2. The topological polar surface area (TPSA) is 22.0 Å². The van der Waals surface area contributed by atoms with Crippen LogP contribution in [0.2, 0.25) is 0 Å².